The second-order valence-corrected chi connectivity index (χ2v) is 7.22. The van der Waals surface area contributed by atoms with E-state index in [0.717, 1.165) is 20.6 Å². The second kappa shape index (κ2) is 5.30. The maximum absolute atomic E-state index is 6.12. The molecule has 2 aromatic rings. The van der Waals surface area contributed by atoms with Crippen molar-refractivity contribution in [2.24, 2.45) is 5.73 Å². The minimum absolute atomic E-state index is 0.506. The summed E-state index contributed by atoms with van der Waals surface area (Å²) in [6.07, 6.45) is 4.98. The van der Waals surface area contributed by atoms with Crippen molar-refractivity contribution in [2.45, 2.75) is 54.2 Å². The highest BCUT2D eigenvalue weighted by atomic mass is 35.5. The molecule has 1 aromatic carbocycles. The number of rotatable bonds is 5. The van der Waals surface area contributed by atoms with E-state index in [1.165, 1.54) is 31.5 Å². The smallest absolute Gasteiger partial charge is 0.196 e. The summed E-state index contributed by atoms with van der Waals surface area (Å²) in [5.74, 6) is 1.80. The lowest BCUT2D eigenvalue weighted by molar-refractivity contribution is 0.627. The van der Waals surface area contributed by atoms with Gasteiger partial charge in [0.1, 0.15) is 5.82 Å². The second-order valence-electron chi connectivity index (χ2n) is 5.77. The summed E-state index contributed by atoms with van der Waals surface area (Å²) in [4.78, 5) is 1.08. The van der Waals surface area contributed by atoms with Crippen molar-refractivity contribution in [3.8, 4) is 0 Å². The zero-order valence-electron chi connectivity index (χ0n) is 11.6. The Morgan fingerprint density at radius 1 is 1.24 bits per heavy atom. The SMILES string of the molecule is NCc1ccc(Cl)cc1Sc1nnc(C2CC2)n1C1CC1. The minimum atomic E-state index is 0.506. The van der Waals surface area contributed by atoms with Crippen LogP contribution in [-0.4, -0.2) is 14.8 Å². The Hall–Kier alpha value is -1.04. The quantitative estimate of drug-likeness (QED) is 0.911. The molecule has 0 radical (unpaired) electrons. The molecule has 0 bridgehead atoms. The number of aromatic nitrogens is 3. The van der Waals surface area contributed by atoms with E-state index in [-0.39, 0.29) is 0 Å². The van der Waals surface area contributed by atoms with Crippen LogP contribution in [0.3, 0.4) is 0 Å². The summed E-state index contributed by atoms with van der Waals surface area (Å²) in [5.41, 5.74) is 6.93. The molecule has 0 spiro atoms. The first-order valence-electron chi connectivity index (χ1n) is 7.37. The van der Waals surface area contributed by atoms with Crippen molar-refractivity contribution in [3.05, 3.63) is 34.6 Å². The van der Waals surface area contributed by atoms with Gasteiger partial charge >= 0.3 is 0 Å². The van der Waals surface area contributed by atoms with Crippen LogP contribution in [0.25, 0.3) is 0 Å². The topological polar surface area (TPSA) is 56.7 Å². The standard InChI is InChI=1S/C15H17ClN4S/c16-11-4-3-10(8-17)13(7-11)21-15-19-18-14(9-1-2-9)20(15)12-5-6-12/h3-4,7,9,12H,1-2,5-6,8,17H2. The van der Waals surface area contributed by atoms with E-state index in [4.69, 9.17) is 17.3 Å². The van der Waals surface area contributed by atoms with Crippen LogP contribution in [0.1, 0.15) is 49.0 Å². The van der Waals surface area contributed by atoms with Gasteiger partial charge in [0, 0.05) is 28.4 Å². The third-order valence-corrected chi connectivity index (χ3v) is 5.29. The van der Waals surface area contributed by atoms with Crippen LogP contribution in [0, 0.1) is 0 Å². The maximum Gasteiger partial charge on any atom is 0.196 e. The summed E-state index contributed by atoms with van der Waals surface area (Å²) < 4.78 is 2.35. The lowest BCUT2D eigenvalue weighted by atomic mass is 10.2. The first-order chi connectivity index (χ1) is 10.3. The molecule has 110 valence electrons. The fraction of sp³-hybridized carbons (Fsp3) is 0.467. The van der Waals surface area contributed by atoms with Gasteiger partial charge in [-0.25, -0.2) is 0 Å². The molecule has 1 heterocycles. The molecule has 1 aromatic heterocycles. The van der Waals surface area contributed by atoms with Gasteiger partial charge in [0.05, 0.1) is 0 Å². The number of benzene rings is 1. The summed E-state index contributed by atoms with van der Waals surface area (Å²) in [7, 11) is 0. The van der Waals surface area contributed by atoms with Crippen molar-refractivity contribution < 1.29 is 0 Å². The molecular weight excluding hydrogens is 304 g/mol. The molecule has 0 aliphatic heterocycles. The van der Waals surface area contributed by atoms with Crippen LogP contribution in [0.4, 0.5) is 0 Å². The normalized spacial score (nSPS) is 18.2. The third kappa shape index (κ3) is 2.70. The molecular formula is C15H17ClN4S. The van der Waals surface area contributed by atoms with Crippen molar-refractivity contribution in [1.29, 1.82) is 0 Å². The Labute approximate surface area is 133 Å². The van der Waals surface area contributed by atoms with E-state index < -0.39 is 0 Å². The highest BCUT2D eigenvalue weighted by Crippen LogP contribution is 2.47. The lowest BCUT2D eigenvalue weighted by Crippen LogP contribution is -2.03. The predicted molar refractivity (Wildman–Crippen MR) is 83.7 cm³/mol. The first kappa shape index (κ1) is 13.6. The highest BCUT2D eigenvalue weighted by molar-refractivity contribution is 7.99. The summed E-state index contributed by atoms with van der Waals surface area (Å²) >= 11 is 7.76. The Kier molecular flexibility index (Phi) is 3.44. The number of hydrogen-bond acceptors (Lipinski definition) is 4. The van der Waals surface area contributed by atoms with E-state index in [2.05, 4.69) is 14.8 Å². The fourth-order valence-corrected chi connectivity index (χ4v) is 3.87. The van der Waals surface area contributed by atoms with E-state index in [9.17, 15) is 0 Å². The molecule has 0 amide bonds. The largest absolute Gasteiger partial charge is 0.326 e. The van der Waals surface area contributed by atoms with Crippen LogP contribution in [0.2, 0.25) is 5.02 Å². The molecule has 2 saturated carbocycles. The van der Waals surface area contributed by atoms with E-state index in [1.807, 2.05) is 18.2 Å². The van der Waals surface area contributed by atoms with Crippen molar-refractivity contribution in [3.63, 3.8) is 0 Å². The molecule has 2 fully saturated rings. The van der Waals surface area contributed by atoms with Gasteiger partial charge in [0.25, 0.3) is 0 Å². The Morgan fingerprint density at radius 2 is 2.05 bits per heavy atom. The van der Waals surface area contributed by atoms with E-state index >= 15 is 0 Å². The molecule has 2 aliphatic carbocycles. The predicted octanol–water partition coefficient (Wildman–Crippen LogP) is 3.75. The monoisotopic (exact) mass is 320 g/mol. The number of halogens is 1. The van der Waals surface area contributed by atoms with Crippen LogP contribution < -0.4 is 5.73 Å². The highest BCUT2D eigenvalue weighted by Gasteiger charge is 2.36. The Bertz CT molecular complexity index is 676. The van der Waals surface area contributed by atoms with Crippen LogP contribution >= 0.6 is 23.4 Å². The Balaban J connectivity index is 1.69. The van der Waals surface area contributed by atoms with Gasteiger partial charge in [-0.05, 0) is 55.1 Å². The molecule has 2 aliphatic rings. The lowest BCUT2D eigenvalue weighted by Gasteiger charge is -2.10. The van der Waals surface area contributed by atoms with E-state index in [1.54, 1.807) is 11.8 Å². The van der Waals surface area contributed by atoms with Crippen LogP contribution in [0.15, 0.2) is 28.3 Å². The average molecular weight is 321 g/mol. The van der Waals surface area contributed by atoms with Crippen LogP contribution in [0.5, 0.6) is 0 Å². The van der Waals surface area contributed by atoms with Gasteiger partial charge in [-0.2, -0.15) is 0 Å². The number of nitrogens with zero attached hydrogens (tertiary/aromatic N) is 3. The molecule has 21 heavy (non-hydrogen) atoms. The molecule has 0 unspecified atom stereocenters. The molecule has 0 saturated heterocycles. The molecule has 4 rings (SSSR count). The molecule has 4 nitrogen and oxygen atoms in total. The van der Waals surface area contributed by atoms with Crippen molar-refractivity contribution in [2.75, 3.05) is 0 Å². The van der Waals surface area contributed by atoms with Crippen molar-refractivity contribution >= 4 is 23.4 Å². The maximum atomic E-state index is 6.12. The molecule has 6 heteroatoms. The number of nitrogens with two attached hydrogens (primary N) is 1. The molecule has 2 N–H and O–H groups in total. The minimum Gasteiger partial charge on any atom is -0.326 e. The summed E-state index contributed by atoms with van der Waals surface area (Å²) in [5, 5.41) is 10.6. The van der Waals surface area contributed by atoms with Crippen LogP contribution in [-0.2, 0) is 6.54 Å². The van der Waals surface area contributed by atoms with Gasteiger partial charge < -0.3 is 10.3 Å². The average Bonchev–Trinajstić information content (AvgIpc) is 3.39. The van der Waals surface area contributed by atoms with Gasteiger partial charge in [-0.1, -0.05) is 17.7 Å². The Morgan fingerprint density at radius 3 is 2.71 bits per heavy atom. The van der Waals surface area contributed by atoms with Gasteiger partial charge in [-0.3, -0.25) is 0 Å². The zero-order valence-corrected chi connectivity index (χ0v) is 13.2. The van der Waals surface area contributed by atoms with Gasteiger partial charge in [0.2, 0.25) is 0 Å². The van der Waals surface area contributed by atoms with Crippen molar-refractivity contribution in [1.82, 2.24) is 14.8 Å². The fourth-order valence-electron chi connectivity index (χ4n) is 2.54. The third-order valence-electron chi connectivity index (χ3n) is 4.00. The molecule has 0 atom stereocenters. The van der Waals surface area contributed by atoms with E-state index in [0.29, 0.717) is 18.5 Å². The zero-order chi connectivity index (χ0) is 14.4. The summed E-state index contributed by atoms with van der Waals surface area (Å²) in [6.45, 7) is 0.506. The van der Waals surface area contributed by atoms with Gasteiger partial charge in [-0.15, -0.1) is 10.2 Å². The first-order valence-corrected chi connectivity index (χ1v) is 8.57. The summed E-state index contributed by atoms with van der Waals surface area (Å²) in [6, 6.07) is 6.44. The number of hydrogen-bond donors (Lipinski definition) is 1. The van der Waals surface area contributed by atoms with Gasteiger partial charge in [0.15, 0.2) is 5.16 Å².